The van der Waals surface area contributed by atoms with Crippen LogP contribution in [0.4, 0.5) is 0 Å². The van der Waals surface area contributed by atoms with Crippen molar-refractivity contribution in [3.63, 3.8) is 0 Å². The van der Waals surface area contributed by atoms with Crippen molar-refractivity contribution in [3.8, 4) is 0 Å². The molecule has 142 valence electrons. The highest BCUT2D eigenvalue weighted by atomic mass is 35.5. The molecule has 1 amide bonds. The average Bonchev–Trinajstić information content (AvgIpc) is 2.66. The number of halogens is 1. The summed E-state index contributed by atoms with van der Waals surface area (Å²) in [7, 11) is 0. The number of carbonyl (C=O) groups excluding carboxylic acids is 3. The van der Waals surface area contributed by atoms with E-state index < -0.39 is 12.6 Å². The van der Waals surface area contributed by atoms with Crippen LogP contribution in [0.2, 0.25) is 5.02 Å². The van der Waals surface area contributed by atoms with Crippen LogP contribution in [0.15, 0.2) is 48.5 Å². The molecule has 6 heteroatoms. The summed E-state index contributed by atoms with van der Waals surface area (Å²) in [5, 5.41) is 3.28. The summed E-state index contributed by atoms with van der Waals surface area (Å²) in [4.78, 5) is 37.0. The number of nitrogens with one attached hydrogen (secondary N) is 1. The summed E-state index contributed by atoms with van der Waals surface area (Å²) < 4.78 is 5.09. The first kappa shape index (κ1) is 20.6. The van der Waals surface area contributed by atoms with Gasteiger partial charge in [-0.05, 0) is 43.7 Å². The van der Waals surface area contributed by atoms with Crippen LogP contribution in [0.25, 0.3) is 0 Å². The van der Waals surface area contributed by atoms with Gasteiger partial charge in [-0.25, -0.2) is 4.79 Å². The standard InChI is InChI=1S/C21H22ClNO4/c1-3-6-14(2)23-19(24)13-27-21(26)18-8-5-4-7-17(18)20(25)15-9-11-16(22)12-10-15/h4-5,7-12,14H,3,6,13H2,1-2H3,(H,23,24)/t14-/m0/s1. The lowest BCUT2D eigenvalue weighted by Gasteiger charge is -2.13. The minimum atomic E-state index is -0.716. The zero-order valence-corrected chi connectivity index (χ0v) is 16.1. The second-order valence-corrected chi connectivity index (χ2v) is 6.65. The summed E-state index contributed by atoms with van der Waals surface area (Å²) in [5.41, 5.74) is 0.738. The number of esters is 1. The van der Waals surface area contributed by atoms with E-state index in [0.717, 1.165) is 12.8 Å². The van der Waals surface area contributed by atoms with Crippen LogP contribution in [0.1, 0.15) is 53.0 Å². The maximum absolute atomic E-state index is 12.7. The van der Waals surface area contributed by atoms with Crippen molar-refractivity contribution in [1.82, 2.24) is 5.32 Å². The predicted octanol–water partition coefficient (Wildman–Crippen LogP) is 4.03. The minimum Gasteiger partial charge on any atom is -0.452 e. The van der Waals surface area contributed by atoms with Crippen molar-refractivity contribution >= 4 is 29.3 Å². The van der Waals surface area contributed by atoms with Gasteiger partial charge in [-0.2, -0.15) is 0 Å². The molecule has 0 aliphatic carbocycles. The fourth-order valence-electron chi connectivity index (χ4n) is 2.65. The lowest BCUT2D eigenvalue weighted by molar-refractivity contribution is -0.124. The van der Waals surface area contributed by atoms with E-state index in [2.05, 4.69) is 5.32 Å². The summed E-state index contributed by atoms with van der Waals surface area (Å²) in [6.45, 7) is 3.52. The molecule has 2 aromatic carbocycles. The van der Waals surface area contributed by atoms with E-state index in [4.69, 9.17) is 16.3 Å². The Morgan fingerprint density at radius 3 is 2.30 bits per heavy atom. The number of carbonyl (C=O) groups is 3. The van der Waals surface area contributed by atoms with Crippen LogP contribution in [-0.4, -0.2) is 30.3 Å². The molecular weight excluding hydrogens is 366 g/mol. The molecule has 27 heavy (non-hydrogen) atoms. The van der Waals surface area contributed by atoms with Crippen molar-refractivity contribution in [2.75, 3.05) is 6.61 Å². The second kappa shape index (κ2) is 9.88. The summed E-state index contributed by atoms with van der Waals surface area (Å²) in [5.74, 6) is -1.41. The average molecular weight is 388 g/mol. The van der Waals surface area contributed by atoms with E-state index >= 15 is 0 Å². The Kier molecular flexibility index (Phi) is 7.55. The first-order valence-corrected chi connectivity index (χ1v) is 9.16. The van der Waals surface area contributed by atoms with E-state index in [1.165, 1.54) is 6.07 Å². The van der Waals surface area contributed by atoms with Gasteiger partial charge >= 0.3 is 5.97 Å². The van der Waals surface area contributed by atoms with Gasteiger partial charge in [0.15, 0.2) is 12.4 Å². The maximum Gasteiger partial charge on any atom is 0.339 e. The smallest absolute Gasteiger partial charge is 0.339 e. The van der Waals surface area contributed by atoms with Gasteiger partial charge in [0.2, 0.25) is 0 Å². The SMILES string of the molecule is CCC[C@H](C)NC(=O)COC(=O)c1ccccc1C(=O)c1ccc(Cl)cc1. The molecule has 0 aromatic heterocycles. The molecule has 2 aromatic rings. The van der Waals surface area contributed by atoms with Gasteiger partial charge in [0, 0.05) is 22.2 Å². The van der Waals surface area contributed by atoms with Gasteiger partial charge in [-0.15, -0.1) is 0 Å². The predicted molar refractivity (Wildman–Crippen MR) is 104 cm³/mol. The van der Waals surface area contributed by atoms with Gasteiger partial charge in [0.25, 0.3) is 5.91 Å². The van der Waals surface area contributed by atoms with Crippen LogP contribution in [0, 0.1) is 0 Å². The van der Waals surface area contributed by atoms with Crippen molar-refractivity contribution in [3.05, 3.63) is 70.2 Å². The Hall–Kier alpha value is -2.66. The highest BCUT2D eigenvalue weighted by molar-refractivity contribution is 6.30. The summed E-state index contributed by atoms with van der Waals surface area (Å²) in [6.07, 6.45) is 1.79. The fourth-order valence-corrected chi connectivity index (χ4v) is 2.77. The van der Waals surface area contributed by atoms with Crippen molar-refractivity contribution in [1.29, 1.82) is 0 Å². The quantitative estimate of drug-likeness (QED) is 0.548. The van der Waals surface area contributed by atoms with Crippen LogP contribution >= 0.6 is 11.6 Å². The number of benzene rings is 2. The molecule has 2 rings (SSSR count). The number of hydrogen-bond donors (Lipinski definition) is 1. The van der Waals surface area contributed by atoms with E-state index in [9.17, 15) is 14.4 Å². The van der Waals surface area contributed by atoms with E-state index in [-0.39, 0.29) is 28.9 Å². The Labute approximate surface area is 163 Å². The van der Waals surface area contributed by atoms with Crippen LogP contribution < -0.4 is 5.32 Å². The third-order valence-electron chi connectivity index (χ3n) is 3.96. The van der Waals surface area contributed by atoms with Crippen molar-refractivity contribution < 1.29 is 19.1 Å². The maximum atomic E-state index is 12.7. The number of ether oxygens (including phenoxy) is 1. The lowest BCUT2D eigenvalue weighted by atomic mass is 9.98. The molecule has 0 radical (unpaired) electrons. The Morgan fingerprint density at radius 2 is 1.67 bits per heavy atom. The largest absolute Gasteiger partial charge is 0.452 e. The topological polar surface area (TPSA) is 72.5 Å². The van der Waals surface area contributed by atoms with Gasteiger partial charge < -0.3 is 10.1 Å². The monoisotopic (exact) mass is 387 g/mol. The zero-order chi connectivity index (χ0) is 19.8. The van der Waals surface area contributed by atoms with E-state index in [1.54, 1.807) is 42.5 Å². The molecule has 1 N–H and O–H groups in total. The Bertz CT molecular complexity index is 817. The minimum absolute atomic E-state index is 0.0139. The number of rotatable bonds is 8. The molecule has 0 aliphatic heterocycles. The Balaban J connectivity index is 2.08. The molecule has 0 unspecified atom stereocenters. The zero-order valence-electron chi connectivity index (χ0n) is 15.3. The normalized spacial score (nSPS) is 11.5. The van der Waals surface area contributed by atoms with Crippen LogP contribution in [-0.2, 0) is 9.53 Å². The molecule has 0 aliphatic rings. The molecule has 0 bridgehead atoms. The summed E-state index contributed by atoms with van der Waals surface area (Å²) in [6, 6.07) is 12.8. The fraction of sp³-hybridized carbons (Fsp3) is 0.286. The van der Waals surface area contributed by atoms with E-state index in [0.29, 0.717) is 10.6 Å². The first-order chi connectivity index (χ1) is 12.9. The second-order valence-electron chi connectivity index (χ2n) is 6.21. The first-order valence-electron chi connectivity index (χ1n) is 8.78. The molecule has 1 atom stereocenters. The van der Waals surface area contributed by atoms with Gasteiger partial charge in [0.05, 0.1) is 5.56 Å². The number of hydrogen-bond acceptors (Lipinski definition) is 4. The summed E-state index contributed by atoms with van der Waals surface area (Å²) >= 11 is 5.85. The van der Waals surface area contributed by atoms with Gasteiger partial charge in [-0.3, -0.25) is 9.59 Å². The van der Waals surface area contributed by atoms with Gasteiger partial charge in [0.1, 0.15) is 0 Å². The Morgan fingerprint density at radius 1 is 1.04 bits per heavy atom. The van der Waals surface area contributed by atoms with Crippen molar-refractivity contribution in [2.24, 2.45) is 0 Å². The lowest BCUT2D eigenvalue weighted by Crippen LogP contribution is -2.35. The highest BCUT2D eigenvalue weighted by Crippen LogP contribution is 2.17. The van der Waals surface area contributed by atoms with Crippen molar-refractivity contribution in [2.45, 2.75) is 32.7 Å². The molecule has 0 fully saturated rings. The molecule has 0 spiro atoms. The molecule has 0 heterocycles. The number of ketones is 1. The molecule has 0 saturated heterocycles. The molecular formula is C21H22ClNO4. The van der Waals surface area contributed by atoms with E-state index in [1.807, 2.05) is 13.8 Å². The molecule has 0 saturated carbocycles. The third kappa shape index (κ3) is 5.93. The van der Waals surface area contributed by atoms with Crippen LogP contribution in [0.3, 0.4) is 0 Å². The molecule has 5 nitrogen and oxygen atoms in total. The highest BCUT2D eigenvalue weighted by Gasteiger charge is 2.20. The third-order valence-corrected chi connectivity index (χ3v) is 4.21. The van der Waals surface area contributed by atoms with Crippen LogP contribution in [0.5, 0.6) is 0 Å². The van der Waals surface area contributed by atoms with Gasteiger partial charge in [-0.1, -0.05) is 43.1 Å². The number of amides is 1.